The quantitative estimate of drug-likeness (QED) is 0.316. The number of rotatable bonds is 4. The van der Waals surface area contributed by atoms with Gasteiger partial charge in [0.2, 0.25) is 0 Å². The summed E-state index contributed by atoms with van der Waals surface area (Å²) in [4.78, 5) is 6.62. The summed E-state index contributed by atoms with van der Waals surface area (Å²) in [6.45, 7) is 5.23. The Morgan fingerprint density at radius 3 is 2.88 bits per heavy atom. The van der Waals surface area contributed by atoms with Crippen molar-refractivity contribution < 1.29 is 0 Å². The van der Waals surface area contributed by atoms with Crippen LogP contribution in [0.5, 0.6) is 0 Å². The van der Waals surface area contributed by atoms with Crippen molar-refractivity contribution in [3.05, 3.63) is 0 Å². The van der Waals surface area contributed by atoms with Crippen LogP contribution >= 0.6 is 0 Å². The molecule has 1 saturated heterocycles. The summed E-state index contributed by atoms with van der Waals surface area (Å²) < 4.78 is 0. The van der Waals surface area contributed by atoms with Gasteiger partial charge >= 0.3 is 0 Å². The molecule has 0 amide bonds. The van der Waals surface area contributed by atoms with E-state index in [0.29, 0.717) is 12.6 Å². The van der Waals surface area contributed by atoms with Gasteiger partial charge in [-0.05, 0) is 32.7 Å². The second-order valence-corrected chi connectivity index (χ2v) is 4.54. The number of nitrogens with two attached hydrogens (primary N) is 2. The summed E-state index contributed by atoms with van der Waals surface area (Å²) in [6, 6.07) is 0.695. The number of nitrogens with one attached hydrogen (secondary N) is 2. The normalized spacial score (nSPS) is 22.4. The average Bonchev–Trinajstić information content (AvgIpc) is 2.25. The average molecular weight is 240 g/mol. The molecule has 0 aliphatic carbocycles. The first-order chi connectivity index (χ1) is 8.09. The van der Waals surface area contributed by atoms with Gasteiger partial charge in [-0.1, -0.05) is 6.42 Å². The second-order valence-electron chi connectivity index (χ2n) is 4.54. The minimum atomic E-state index is -0.170. The minimum Gasteiger partial charge on any atom is -0.370 e. The molecule has 0 spiro atoms. The zero-order chi connectivity index (χ0) is 12.7. The lowest BCUT2D eigenvalue weighted by molar-refractivity contribution is 0.160. The zero-order valence-corrected chi connectivity index (χ0v) is 10.6. The SMILES string of the molecule is CC1CCCCN1CCCN=C(N)NC(=N)N. The molecule has 1 heterocycles. The van der Waals surface area contributed by atoms with Gasteiger partial charge in [-0.15, -0.1) is 0 Å². The van der Waals surface area contributed by atoms with Gasteiger partial charge in [-0.3, -0.25) is 15.7 Å². The van der Waals surface area contributed by atoms with Crippen molar-refractivity contribution in [2.24, 2.45) is 16.5 Å². The predicted molar refractivity (Wildman–Crippen MR) is 71.0 cm³/mol. The highest BCUT2D eigenvalue weighted by Crippen LogP contribution is 2.16. The molecule has 6 nitrogen and oxygen atoms in total. The van der Waals surface area contributed by atoms with E-state index in [4.69, 9.17) is 16.9 Å². The molecule has 0 saturated carbocycles. The summed E-state index contributed by atoms with van der Waals surface area (Å²) in [6.07, 6.45) is 4.95. The zero-order valence-electron chi connectivity index (χ0n) is 10.6. The van der Waals surface area contributed by atoms with Crippen molar-refractivity contribution >= 4 is 11.9 Å². The summed E-state index contributed by atoms with van der Waals surface area (Å²) in [5, 5.41) is 9.45. The van der Waals surface area contributed by atoms with Crippen molar-refractivity contribution in [2.75, 3.05) is 19.6 Å². The highest BCUT2D eigenvalue weighted by Gasteiger charge is 2.16. The molecule has 98 valence electrons. The molecule has 0 bridgehead atoms. The molecule has 0 aromatic rings. The maximum atomic E-state index is 6.99. The van der Waals surface area contributed by atoms with Gasteiger partial charge in [-0.2, -0.15) is 0 Å². The molecule has 1 aliphatic heterocycles. The Kier molecular flexibility index (Phi) is 5.76. The number of hydrogen-bond donors (Lipinski definition) is 4. The van der Waals surface area contributed by atoms with E-state index in [-0.39, 0.29) is 11.9 Å². The Hall–Kier alpha value is -1.30. The number of nitrogens with zero attached hydrogens (tertiary/aromatic N) is 2. The van der Waals surface area contributed by atoms with Gasteiger partial charge in [0.25, 0.3) is 0 Å². The van der Waals surface area contributed by atoms with E-state index < -0.39 is 0 Å². The van der Waals surface area contributed by atoms with Crippen molar-refractivity contribution in [3.8, 4) is 0 Å². The third-order valence-corrected chi connectivity index (χ3v) is 3.09. The standard InChI is InChI=1S/C11H24N6/c1-9-5-2-3-7-17(9)8-4-6-15-11(14)16-10(12)13/h9H,2-8H2,1H3,(H6,12,13,14,15,16). The summed E-state index contributed by atoms with van der Waals surface area (Å²) in [7, 11) is 0. The van der Waals surface area contributed by atoms with Crippen LogP contribution in [0, 0.1) is 5.41 Å². The molecule has 0 radical (unpaired) electrons. The van der Waals surface area contributed by atoms with Gasteiger partial charge in [-0.25, -0.2) is 0 Å². The molecule has 1 fully saturated rings. The third-order valence-electron chi connectivity index (χ3n) is 3.09. The van der Waals surface area contributed by atoms with Crippen LogP contribution in [0.15, 0.2) is 4.99 Å². The second kappa shape index (κ2) is 7.11. The molecule has 1 unspecified atom stereocenters. The predicted octanol–water partition coefficient (Wildman–Crippen LogP) is 0.0487. The van der Waals surface area contributed by atoms with E-state index in [1.54, 1.807) is 0 Å². The van der Waals surface area contributed by atoms with Gasteiger partial charge in [0.05, 0.1) is 0 Å². The Morgan fingerprint density at radius 2 is 2.24 bits per heavy atom. The van der Waals surface area contributed by atoms with E-state index in [1.165, 1.54) is 25.8 Å². The van der Waals surface area contributed by atoms with Gasteiger partial charge in [0.1, 0.15) is 0 Å². The molecule has 0 aromatic heterocycles. The van der Waals surface area contributed by atoms with Crippen molar-refractivity contribution in [2.45, 2.75) is 38.6 Å². The first-order valence-electron chi connectivity index (χ1n) is 6.24. The van der Waals surface area contributed by atoms with Crippen LogP contribution < -0.4 is 16.8 Å². The number of piperidine rings is 1. The molecule has 6 N–H and O–H groups in total. The molecule has 17 heavy (non-hydrogen) atoms. The van der Waals surface area contributed by atoms with E-state index in [1.807, 2.05) is 0 Å². The van der Waals surface area contributed by atoms with Crippen molar-refractivity contribution in [1.82, 2.24) is 10.2 Å². The number of aliphatic imine (C=N–C) groups is 1. The smallest absolute Gasteiger partial charge is 0.195 e. The van der Waals surface area contributed by atoms with Gasteiger partial charge < -0.3 is 16.4 Å². The molecule has 1 rings (SSSR count). The highest BCUT2D eigenvalue weighted by molar-refractivity contribution is 5.95. The van der Waals surface area contributed by atoms with Crippen LogP contribution in [0.1, 0.15) is 32.6 Å². The highest BCUT2D eigenvalue weighted by atomic mass is 15.2. The summed E-state index contributed by atoms with van der Waals surface area (Å²) >= 11 is 0. The molecule has 6 heteroatoms. The fraction of sp³-hybridized carbons (Fsp3) is 0.818. The topological polar surface area (TPSA) is 104 Å². The van der Waals surface area contributed by atoms with Crippen molar-refractivity contribution in [1.29, 1.82) is 5.41 Å². The van der Waals surface area contributed by atoms with Crippen LogP contribution in [0.25, 0.3) is 0 Å². The molecule has 0 aromatic carbocycles. The van der Waals surface area contributed by atoms with Gasteiger partial charge in [0.15, 0.2) is 11.9 Å². The Balaban J connectivity index is 2.16. The Bertz CT molecular complexity index is 275. The number of hydrogen-bond acceptors (Lipinski definition) is 3. The van der Waals surface area contributed by atoms with Gasteiger partial charge in [0, 0.05) is 19.1 Å². The fourth-order valence-corrected chi connectivity index (χ4v) is 2.14. The van der Waals surface area contributed by atoms with Crippen LogP contribution in [0.4, 0.5) is 0 Å². The lowest BCUT2D eigenvalue weighted by Gasteiger charge is -2.33. The first kappa shape index (κ1) is 13.8. The Labute approximate surface area is 103 Å². The maximum absolute atomic E-state index is 6.99. The number of likely N-dealkylation sites (tertiary alicyclic amines) is 1. The lowest BCUT2D eigenvalue weighted by atomic mass is 10.0. The molecular weight excluding hydrogens is 216 g/mol. The van der Waals surface area contributed by atoms with E-state index in [9.17, 15) is 0 Å². The van der Waals surface area contributed by atoms with Crippen LogP contribution in [-0.2, 0) is 0 Å². The Morgan fingerprint density at radius 1 is 1.47 bits per heavy atom. The van der Waals surface area contributed by atoms with Crippen LogP contribution in [0.3, 0.4) is 0 Å². The summed E-state index contributed by atoms with van der Waals surface area (Å²) in [5.41, 5.74) is 10.7. The van der Waals surface area contributed by atoms with Crippen LogP contribution in [0.2, 0.25) is 0 Å². The first-order valence-corrected chi connectivity index (χ1v) is 6.24. The monoisotopic (exact) mass is 240 g/mol. The summed E-state index contributed by atoms with van der Waals surface area (Å²) in [5.74, 6) is 0.0556. The number of guanidine groups is 2. The molecular formula is C11H24N6. The minimum absolute atomic E-state index is 0.170. The molecule has 1 aliphatic rings. The van der Waals surface area contributed by atoms with E-state index >= 15 is 0 Å². The third kappa shape index (κ3) is 5.53. The lowest BCUT2D eigenvalue weighted by Crippen LogP contribution is -2.41. The van der Waals surface area contributed by atoms with Crippen molar-refractivity contribution in [3.63, 3.8) is 0 Å². The maximum Gasteiger partial charge on any atom is 0.195 e. The van der Waals surface area contributed by atoms with E-state index in [0.717, 1.165) is 13.0 Å². The van der Waals surface area contributed by atoms with E-state index in [2.05, 4.69) is 22.1 Å². The van der Waals surface area contributed by atoms with Crippen LogP contribution in [-0.4, -0.2) is 42.5 Å². The fourth-order valence-electron chi connectivity index (χ4n) is 2.14. The molecule has 1 atom stereocenters. The largest absolute Gasteiger partial charge is 0.370 e.